The van der Waals surface area contributed by atoms with Gasteiger partial charge < -0.3 is 10.2 Å². The van der Waals surface area contributed by atoms with Gasteiger partial charge in [0.05, 0.1) is 12.2 Å². The Bertz CT molecular complexity index is 1040. The number of carbonyl (C=O) groups excluding carboxylic acids is 2. The van der Waals surface area contributed by atoms with Crippen molar-refractivity contribution in [3.05, 3.63) is 41.6 Å². The van der Waals surface area contributed by atoms with Gasteiger partial charge in [-0.15, -0.1) is 0 Å². The van der Waals surface area contributed by atoms with Gasteiger partial charge in [0.25, 0.3) is 5.91 Å². The third kappa shape index (κ3) is 4.16. The summed E-state index contributed by atoms with van der Waals surface area (Å²) in [5.74, 6) is 0.384. The van der Waals surface area contributed by atoms with E-state index in [0.717, 1.165) is 62.6 Å². The van der Waals surface area contributed by atoms with Crippen LogP contribution in [0, 0.1) is 0 Å². The highest BCUT2D eigenvalue weighted by Crippen LogP contribution is 2.37. The van der Waals surface area contributed by atoms with Crippen molar-refractivity contribution in [3.8, 4) is 11.3 Å². The van der Waals surface area contributed by atoms with Crippen molar-refractivity contribution >= 4 is 11.8 Å². The molecule has 0 spiro atoms. The van der Waals surface area contributed by atoms with Crippen LogP contribution in [0.5, 0.6) is 0 Å². The number of fused-ring (bicyclic) bond motifs is 1. The van der Waals surface area contributed by atoms with Gasteiger partial charge in [-0.1, -0.05) is 70.2 Å². The number of carbonyl (C=O) groups is 2. The van der Waals surface area contributed by atoms with Gasteiger partial charge in [0.15, 0.2) is 0 Å². The van der Waals surface area contributed by atoms with Crippen molar-refractivity contribution in [2.75, 3.05) is 0 Å². The minimum absolute atomic E-state index is 0.0244. The quantitative estimate of drug-likeness (QED) is 0.657. The molecule has 1 atom stereocenters. The van der Waals surface area contributed by atoms with Gasteiger partial charge in [-0.3, -0.25) is 14.3 Å². The van der Waals surface area contributed by atoms with Gasteiger partial charge in [0.2, 0.25) is 5.91 Å². The summed E-state index contributed by atoms with van der Waals surface area (Å²) in [7, 11) is 0. The molecule has 2 fully saturated rings. The van der Waals surface area contributed by atoms with Gasteiger partial charge >= 0.3 is 0 Å². The maximum absolute atomic E-state index is 13.9. The minimum atomic E-state index is -0.929. The van der Waals surface area contributed by atoms with Crippen LogP contribution in [-0.2, 0) is 11.3 Å². The average molecular weight is 463 g/mol. The predicted molar refractivity (Wildman–Crippen MR) is 134 cm³/mol. The van der Waals surface area contributed by atoms with Crippen molar-refractivity contribution in [1.82, 2.24) is 20.0 Å². The maximum Gasteiger partial charge on any atom is 0.273 e. The molecule has 0 unspecified atom stereocenters. The van der Waals surface area contributed by atoms with Gasteiger partial charge in [-0.05, 0) is 50.2 Å². The number of hydrogen-bond acceptors (Lipinski definition) is 3. The Morgan fingerprint density at radius 1 is 1.03 bits per heavy atom. The monoisotopic (exact) mass is 462 g/mol. The Hall–Kier alpha value is -2.63. The molecule has 2 amide bonds. The Morgan fingerprint density at radius 2 is 1.68 bits per heavy atom. The molecule has 5 rings (SSSR count). The van der Waals surface area contributed by atoms with Crippen LogP contribution in [0.3, 0.4) is 0 Å². The third-order valence-electron chi connectivity index (χ3n) is 8.20. The summed E-state index contributed by atoms with van der Waals surface area (Å²) in [5.41, 5.74) is 2.74. The van der Waals surface area contributed by atoms with Crippen molar-refractivity contribution in [1.29, 1.82) is 0 Å². The molecule has 0 radical (unpaired) electrons. The number of hydrogen-bond donors (Lipinski definition) is 1. The SMILES string of the molecule is CC(C)c1ccc(-c2cc3n(n2)C[C@](C)(C(=O)NC2CCCCC2)N(C2CCCC2)C3=O)cc1. The van der Waals surface area contributed by atoms with E-state index in [0.29, 0.717) is 18.2 Å². The summed E-state index contributed by atoms with van der Waals surface area (Å²) in [6, 6.07) is 10.7. The van der Waals surface area contributed by atoms with Crippen LogP contribution in [0.15, 0.2) is 30.3 Å². The second-order valence-electron chi connectivity index (χ2n) is 11.0. The number of nitrogens with one attached hydrogen (secondary N) is 1. The number of amides is 2. The zero-order chi connectivity index (χ0) is 23.9. The second kappa shape index (κ2) is 9.20. The molecule has 2 saturated carbocycles. The van der Waals surface area contributed by atoms with Crippen molar-refractivity contribution in [3.63, 3.8) is 0 Å². The molecule has 6 nitrogen and oxygen atoms in total. The first kappa shape index (κ1) is 23.1. The molecule has 3 aliphatic rings. The Labute approximate surface area is 203 Å². The molecule has 2 aromatic rings. The van der Waals surface area contributed by atoms with Crippen molar-refractivity contribution < 1.29 is 9.59 Å². The Morgan fingerprint density at radius 3 is 2.32 bits per heavy atom. The summed E-state index contributed by atoms with van der Waals surface area (Å²) in [5, 5.41) is 8.14. The molecule has 1 aliphatic heterocycles. The second-order valence-corrected chi connectivity index (χ2v) is 11.0. The topological polar surface area (TPSA) is 67.2 Å². The molecule has 1 aromatic carbocycles. The van der Waals surface area contributed by atoms with Crippen molar-refractivity contribution in [2.45, 2.75) is 109 Å². The maximum atomic E-state index is 13.9. The fourth-order valence-electron chi connectivity index (χ4n) is 6.10. The standard InChI is InChI=1S/C28H38N4O2/c1-19(2)20-13-15-21(16-14-20)24-17-25-26(33)32(23-11-7-8-12-23)28(3,18-31(25)30-24)27(34)29-22-9-5-4-6-10-22/h13-17,19,22-23H,4-12,18H2,1-3H3,(H,29,34)/t28-/m1/s1. The van der Waals surface area contributed by atoms with E-state index in [4.69, 9.17) is 5.10 Å². The summed E-state index contributed by atoms with van der Waals surface area (Å²) in [4.78, 5) is 29.5. The summed E-state index contributed by atoms with van der Waals surface area (Å²) in [6.45, 7) is 6.70. The van der Waals surface area contributed by atoms with Gasteiger partial charge in [-0.25, -0.2) is 0 Å². The molecule has 1 aromatic heterocycles. The van der Waals surface area contributed by atoms with Crippen LogP contribution >= 0.6 is 0 Å². The van der Waals surface area contributed by atoms with Crippen LogP contribution in [0.4, 0.5) is 0 Å². The summed E-state index contributed by atoms with van der Waals surface area (Å²) in [6.07, 6.45) is 9.79. The first-order chi connectivity index (χ1) is 16.4. The molecule has 182 valence electrons. The molecule has 2 aliphatic carbocycles. The lowest BCUT2D eigenvalue weighted by atomic mass is 9.90. The van der Waals surface area contributed by atoms with E-state index in [1.54, 1.807) is 4.68 Å². The molecular formula is C28H38N4O2. The van der Waals surface area contributed by atoms with Crippen LogP contribution in [0.2, 0.25) is 0 Å². The van der Waals surface area contributed by atoms with Gasteiger partial charge in [0, 0.05) is 17.6 Å². The van der Waals surface area contributed by atoms with E-state index in [9.17, 15) is 9.59 Å². The lowest BCUT2D eigenvalue weighted by molar-refractivity contribution is -0.135. The number of benzene rings is 1. The fraction of sp³-hybridized carbons (Fsp3) is 0.607. The lowest BCUT2D eigenvalue weighted by Gasteiger charge is -2.47. The van der Waals surface area contributed by atoms with Crippen LogP contribution in [0.25, 0.3) is 11.3 Å². The zero-order valence-electron chi connectivity index (χ0n) is 20.8. The zero-order valence-corrected chi connectivity index (χ0v) is 20.8. The highest BCUT2D eigenvalue weighted by Gasteiger charge is 2.51. The number of nitrogens with zero attached hydrogens (tertiary/aromatic N) is 3. The summed E-state index contributed by atoms with van der Waals surface area (Å²) < 4.78 is 1.78. The highest BCUT2D eigenvalue weighted by molar-refractivity contribution is 6.00. The van der Waals surface area contributed by atoms with E-state index in [1.807, 2.05) is 17.9 Å². The van der Waals surface area contributed by atoms with E-state index in [2.05, 4.69) is 43.4 Å². The van der Waals surface area contributed by atoms with Gasteiger partial charge in [0.1, 0.15) is 11.2 Å². The van der Waals surface area contributed by atoms with E-state index < -0.39 is 5.54 Å². The molecule has 2 heterocycles. The average Bonchev–Trinajstić information content (AvgIpc) is 3.50. The first-order valence-corrected chi connectivity index (χ1v) is 13.2. The number of rotatable bonds is 5. The Kier molecular flexibility index (Phi) is 6.26. The van der Waals surface area contributed by atoms with E-state index in [-0.39, 0.29) is 23.9 Å². The molecule has 34 heavy (non-hydrogen) atoms. The van der Waals surface area contributed by atoms with Crippen molar-refractivity contribution in [2.24, 2.45) is 0 Å². The largest absolute Gasteiger partial charge is 0.351 e. The molecule has 0 bridgehead atoms. The van der Waals surface area contributed by atoms with Crippen LogP contribution in [0.1, 0.15) is 101 Å². The molecule has 6 heteroatoms. The highest BCUT2D eigenvalue weighted by atomic mass is 16.2. The molecule has 1 N–H and O–H groups in total. The van der Waals surface area contributed by atoms with E-state index >= 15 is 0 Å². The number of aromatic nitrogens is 2. The normalized spacial score (nSPS) is 24.0. The fourth-order valence-corrected chi connectivity index (χ4v) is 6.10. The van der Waals surface area contributed by atoms with Crippen LogP contribution < -0.4 is 5.32 Å². The van der Waals surface area contributed by atoms with Gasteiger partial charge in [-0.2, -0.15) is 5.10 Å². The smallest absolute Gasteiger partial charge is 0.273 e. The Balaban J connectivity index is 1.47. The lowest BCUT2D eigenvalue weighted by Crippen LogP contribution is -2.67. The first-order valence-electron chi connectivity index (χ1n) is 13.2. The predicted octanol–water partition coefficient (Wildman–Crippen LogP) is 5.28. The van der Waals surface area contributed by atoms with Crippen LogP contribution in [-0.4, -0.2) is 44.1 Å². The third-order valence-corrected chi connectivity index (χ3v) is 8.20. The van der Waals surface area contributed by atoms with E-state index in [1.165, 1.54) is 12.0 Å². The minimum Gasteiger partial charge on any atom is -0.351 e. The summed E-state index contributed by atoms with van der Waals surface area (Å²) >= 11 is 0. The molecule has 0 saturated heterocycles. The molecular weight excluding hydrogens is 424 g/mol.